The second-order valence-electron chi connectivity index (χ2n) is 7.26. The normalized spacial score (nSPS) is 10.5. The van der Waals surface area contributed by atoms with E-state index in [4.69, 9.17) is 0 Å². The van der Waals surface area contributed by atoms with Crippen LogP contribution in [0.15, 0.2) is 54.9 Å². The summed E-state index contributed by atoms with van der Waals surface area (Å²) in [5.74, 6) is -0.172. The van der Waals surface area contributed by atoms with Crippen molar-refractivity contribution in [3.63, 3.8) is 0 Å². The molecule has 0 saturated heterocycles. The van der Waals surface area contributed by atoms with Gasteiger partial charge in [-0.05, 0) is 62.2 Å². The molecule has 1 amide bonds. The maximum Gasteiger partial charge on any atom is 0.257 e. The third kappa shape index (κ3) is 4.49. The van der Waals surface area contributed by atoms with E-state index in [9.17, 15) is 4.79 Å². The zero-order valence-corrected chi connectivity index (χ0v) is 17.0. The average molecular weight is 374 g/mol. The number of amides is 1. The van der Waals surface area contributed by atoms with Gasteiger partial charge in [0.2, 0.25) is 0 Å². The predicted octanol–water partition coefficient (Wildman–Crippen LogP) is 5.07. The van der Waals surface area contributed by atoms with Gasteiger partial charge in [0.05, 0.1) is 17.4 Å². The second-order valence-corrected chi connectivity index (χ2v) is 7.26. The van der Waals surface area contributed by atoms with E-state index in [2.05, 4.69) is 34.7 Å². The SMILES string of the molecule is Cc1cc(C)c(NC(=O)c2cncc(Nc3ccc(N(C)C)cc3)c2)c(C)c1. The van der Waals surface area contributed by atoms with Gasteiger partial charge in [-0.3, -0.25) is 9.78 Å². The zero-order valence-electron chi connectivity index (χ0n) is 17.0. The average Bonchev–Trinajstić information content (AvgIpc) is 2.65. The Morgan fingerprint density at radius 3 is 2.14 bits per heavy atom. The van der Waals surface area contributed by atoms with Gasteiger partial charge in [-0.25, -0.2) is 0 Å². The Morgan fingerprint density at radius 1 is 0.893 bits per heavy atom. The molecule has 1 aromatic heterocycles. The summed E-state index contributed by atoms with van der Waals surface area (Å²) in [4.78, 5) is 19.0. The highest BCUT2D eigenvalue weighted by Crippen LogP contribution is 2.24. The molecule has 0 aliphatic carbocycles. The lowest BCUT2D eigenvalue weighted by molar-refractivity contribution is 0.102. The molecule has 3 rings (SSSR count). The smallest absolute Gasteiger partial charge is 0.257 e. The number of anilines is 4. The van der Waals surface area contributed by atoms with Crippen molar-refractivity contribution in [2.45, 2.75) is 20.8 Å². The summed E-state index contributed by atoms with van der Waals surface area (Å²) in [6.45, 7) is 6.06. The van der Waals surface area contributed by atoms with Crippen molar-refractivity contribution in [1.82, 2.24) is 4.98 Å². The highest BCUT2D eigenvalue weighted by molar-refractivity contribution is 6.05. The van der Waals surface area contributed by atoms with E-state index in [1.54, 1.807) is 18.5 Å². The van der Waals surface area contributed by atoms with Crippen LogP contribution in [0.1, 0.15) is 27.0 Å². The van der Waals surface area contributed by atoms with Gasteiger partial charge in [-0.1, -0.05) is 17.7 Å². The Balaban J connectivity index is 1.76. The van der Waals surface area contributed by atoms with Gasteiger partial charge in [0.15, 0.2) is 0 Å². The van der Waals surface area contributed by atoms with Crippen LogP contribution in [0.25, 0.3) is 0 Å². The zero-order chi connectivity index (χ0) is 20.3. The van der Waals surface area contributed by atoms with Crippen LogP contribution >= 0.6 is 0 Å². The maximum absolute atomic E-state index is 12.7. The summed E-state index contributed by atoms with van der Waals surface area (Å²) in [6, 6.07) is 14.0. The van der Waals surface area contributed by atoms with Gasteiger partial charge < -0.3 is 15.5 Å². The number of hydrogen-bond acceptors (Lipinski definition) is 4. The fourth-order valence-corrected chi connectivity index (χ4v) is 3.20. The molecule has 0 fully saturated rings. The van der Waals surface area contributed by atoms with E-state index in [0.717, 1.165) is 33.9 Å². The van der Waals surface area contributed by atoms with Gasteiger partial charge in [-0.15, -0.1) is 0 Å². The molecule has 1 heterocycles. The predicted molar refractivity (Wildman–Crippen MR) is 117 cm³/mol. The molecule has 5 nitrogen and oxygen atoms in total. The molecule has 0 unspecified atom stereocenters. The van der Waals surface area contributed by atoms with E-state index in [1.165, 1.54) is 5.56 Å². The lowest BCUT2D eigenvalue weighted by Crippen LogP contribution is -2.14. The van der Waals surface area contributed by atoms with E-state index >= 15 is 0 Å². The largest absolute Gasteiger partial charge is 0.378 e. The summed E-state index contributed by atoms with van der Waals surface area (Å²) in [7, 11) is 4.01. The molecule has 3 aromatic rings. The summed E-state index contributed by atoms with van der Waals surface area (Å²) < 4.78 is 0. The maximum atomic E-state index is 12.7. The van der Waals surface area contributed by atoms with Crippen molar-refractivity contribution in [3.05, 3.63) is 77.1 Å². The monoisotopic (exact) mass is 374 g/mol. The molecular formula is C23H26N4O. The molecule has 0 bridgehead atoms. The Bertz CT molecular complexity index is 971. The Kier molecular flexibility index (Phi) is 5.64. The van der Waals surface area contributed by atoms with Crippen molar-refractivity contribution in [2.75, 3.05) is 29.6 Å². The highest BCUT2D eigenvalue weighted by atomic mass is 16.1. The molecule has 5 heteroatoms. The number of aromatic nitrogens is 1. The van der Waals surface area contributed by atoms with Crippen molar-refractivity contribution in [1.29, 1.82) is 0 Å². The molecule has 144 valence electrons. The summed E-state index contributed by atoms with van der Waals surface area (Å²) >= 11 is 0. The van der Waals surface area contributed by atoms with Crippen LogP contribution in [0.3, 0.4) is 0 Å². The fourth-order valence-electron chi connectivity index (χ4n) is 3.20. The topological polar surface area (TPSA) is 57.3 Å². The number of rotatable bonds is 5. The van der Waals surface area contributed by atoms with Crippen LogP contribution in [0.4, 0.5) is 22.7 Å². The number of hydrogen-bond donors (Lipinski definition) is 2. The van der Waals surface area contributed by atoms with E-state index in [1.807, 2.05) is 57.1 Å². The van der Waals surface area contributed by atoms with Crippen LogP contribution in [0.2, 0.25) is 0 Å². The number of aryl methyl sites for hydroxylation is 3. The number of carbonyl (C=O) groups excluding carboxylic acids is 1. The fraction of sp³-hybridized carbons (Fsp3) is 0.217. The summed E-state index contributed by atoms with van der Waals surface area (Å²) in [5.41, 5.74) is 7.48. The first kappa shape index (κ1) is 19.4. The minimum atomic E-state index is -0.172. The molecule has 0 aliphatic heterocycles. The van der Waals surface area contributed by atoms with Crippen LogP contribution in [-0.4, -0.2) is 25.0 Å². The third-order valence-electron chi connectivity index (χ3n) is 4.59. The van der Waals surface area contributed by atoms with Crippen LogP contribution < -0.4 is 15.5 Å². The van der Waals surface area contributed by atoms with Gasteiger partial charge in [0.1, 0.15) is 0 Å². The quantitative estimate of drug-likeness (QED) is 0.655. The van der Waals surface area contributed by atoms with Gasteiger partial charge in [-0.2, -0.15) is 0 Å². The van der Waals surface area contributed by atoms with Crippen LogP contribution in [0, 0.1) is 20.8 Å². The lowest BCUT2D eigenvalue weighted by Gasteiger charge is -2.14. The third-order valence-corrected chi connectivity index (χ3v) is 4.59. The molecule has 0 radical (unpaired) electrons. The first-order chi connectivity index (χ1) is 13.3. The summed E-state index contributed by atoms with van der Waals surface area (Å²) in [6.07, 6.45) is 3.29. The molecule has 0 atom stereocenters. The Hall–Kier alpha value is -3.34. The number of nitrogens with one attached hydrogen (secondary N) is 2. The van der Waals surface area contributed by atoms with Crippen molar-refractivity contribution >= 4 is 28.7 Å². The van der Waals surface area contributed by atoms with Crippen molar-refractivity contribution < 1.29 is 4.79 Å². The molecule has 28 heavy (non-hydrogen) atoms. The molecular weight excluding hydrogens is 348 g/mol. The number of nitrogens with zero attached hydrogens (tertiary/aromatic N) is 2. The summed E-state index contributed by atoms with van der Waals surface area (Å²) in [5, 5.41) is 6.32. The van der Waals surface area contributed by atoms with Crippen LogP contribution in [0.5, 0.6) is 0 Å². The molecule has 0 spiro atoms. The molecule has 0 aliphatic rings. The molecule has 0 saturated carbocycles. The number of pyridine rings is 1. The van der Waals surface area contributed by atoms with Gasteiger partial charge >= 0.3 is 0 Å². The molecule has 2 aromatic carbocycles. The Morgan fingerprint density at radius 2 is 1.54 bits per heavy atom. The Labute approximate surface area is 166 Å². The van der Waals surface area contributed by atoms with E-state index in [-0.39, 0.29) is 5.91 Å². The minimum Gasteiger partial charge on any atom is -0.378 e. The van der Waals surface area contributed by atoms with E-state index < -0.39 is 0 Å². The standard InChI is InChI=1S/C23H26N4O/c1-15-10-16(2)22(17(3)11-15)26-23(28)18-12-20(14-24-13-18)25-19-6-8-21(9-7-19)27(4)5/h6-14,25H,1-5H3,(H,26,28). The van der Waals surface area contributed by atoms with E-state index in [0.29, 0.717) is 5.56 Å². The van der Waals surface area contributed by atoms with Gasteiger partial charge in [0.25, 0.3) is 5.91 Å². The first-order valence-corrected chi connectivity index (χ1v) is 9.22. The number of carbonyl (C=O) groups is 1. The molecule has 2 N–H and O–H groups in total. The lowest BCUT2D eigenvalue weighted by atomic mass is 10.0. The van der Waals surface area contributed by atoms with Crippen molar-refractivity contribution in [3.8, 4) is 0 Å². The highest BCUT2D eigenvalue weighted by Gasteiger charge is 2.11. The van der Waals surface area contributed by atoms with Gasteiger partial charge in [0, 0.05) is 37.4 Å². The van der Waals surface area contributed by atoms with Crippen molar-refractivity contribution in [2.24, 2.45) is 0 Å². The second kappa shape index (κ2) is 8.13. The minimum absolute atomic E-state index is 0.172. The van der Waals surface area contributed by atoms with Crippen LogP contribution in [-0.2, 0) is 0 Å². The number of benzene rings is 2. The first-order valence-electron chi connectivity index (χ1n) is 9.22.